The van der Waals surface area contributed by atoms with Crippen molar-refractivity contribution in [3.05, 3.63) is 95.1 Å². The Morgan fingerprint density at radius 3 is 2.71 bits per heavy atom. The first-order valence-corrected chi connectivity index (χ1v) is 10.4. The fourth-order valence-electron chi connectivity index (χ4n) is 4.91. The quantitative estimate of drug-likeness (QED) is 0.598. The van der Waals surface area contributed by atoms with Gasteiger partial charge in [0.2, 0.25) is 0 Å². The smallest absolute Gasteiger partial charge is 0.112 e. The van der Waals surface area contributed by atoms with Crippen molar-refractivity contribution in [1.82, 2.24) is 5.32 Å². The summed E-state index contributed by atoms with van der Waals surface area (Å²) in [5.41, 5.74) is 5.39. The normalized spacial score (nSPS) is 22.2. The van der Waals surface area contributed by atoms with Crippen molar-refractivity contribution >= 4 is 10.8 Å². The minimum atomic E-state index is -0.200. The molecule has 0 radical (unpaired) electrons. The van der Waals surface area contributed by atoms with Crippen molar-refractivity contribution in [3.8, 4) is 0 Å². The summed E-state index contributed by atoms with van der Waals surface area (Å²) in [4.78, 5) is 0. The Kier molecular flexibility index (Phi) is 4.54. The molecule has 1 aliphatic heterocycles. The lowest BCUT2D eigenvalue weighted by Crippen LogP contribution is -2.31. The Balaban J connectivity index is 1.39. The van der Waals surface area contributed by atoms with E-state index in [9.17, 15) is 0 Å². The van der Waals surface area contributed by atoms with Crippen molar-refractivity contribution in [1.29, 1.82) is 0 Å². The molecule has 1 fully saturated rings. The van der Waals surface area contributed by atoms with E-state index >= 15 is 0 Å². The number of fused-ring (bicyclic) bond motifs is 3. The Morgan fingerprint density at radius 1 is 1.00 bits per heavy atom. The Bertz CT molecular complexity index is 1020. The third kappa shape index (κ3) is 3.07. The summed E-state index contributed by atoms with van der Waals surface area (Å²) in [6.45, 7) is 4.02. The number of hydrogen-bond donors (Lipinski definition) is 1. The lowest BCUT2D eigenvalue weighted by atomic mass is 9.79. The van der Waals surface area contributed by atoms with Gasteiger partial charge < -0.3 is 10.1 Å². The number of rotatable bonds is 4. The van der Waals surface area contributed by atoms with Gasteiger partial charge in [-0.05, 0) is 59.7 Å². The van der Waals surface area contributed by atoms with Crippen LogP contribution < -0.4 is 5.32 Å². The molecule has 1 aliphatic carbocycles. The van der Waals surface area contributed by atoms with Crippen LogP contribution in [0.5, 0.6) is 0 Å². The molecule has 1 N–H and O–H groups in total. The molecule has 0 saturated carbocycles. The lowest BCUT2D eigenvalue weighted by molar-refractivity contribution is 0.0396. The van der Waals surface area contributed by atoms with Crippen LogP contribution in [-0.2, 0) is 16.8 Å². The zero-order valence-electron chi connectivity index (χ0n) is 16.4. The highest BCUT2D eigenvalue weighted by atomic mass is 16.5. The van der Waals surface area contributed by atoms with Gasteiger partial charge in [0, 0.05) is 19.2 Å². The molecule has 3 aromatic carbocycles. The van der Waals surface area contributed by atoms with Crippen molar-refractivity contribution in [2.45, 2.75) is 37.8 Å². The SMILES string of the molecule is C[C@@H](NCC1=CC2(CCCO2)c2ccccc2C1)c1cccc2ccccc12. The average Bonchev–Trinajstić information content (AvgIpc) is 3.20. The third-order valence-electron chi connectivity index (χ3n) is 6.31. The highest BCUT2D eigenvalue weighted by Gasteiger charge is 2.39. The van der Waals surface area contributed by atoms with E-state index < -0.39 is 0 Å². The van der Waals surface area contributed by atoms with E-state index in [1.165, 1.54) is 33.0 Å². The van der Waals surface area contributed by atoms with Gasteiger partial charge in [0.25, 0.3) is 0 Å². The van der Waals surface area contributed by atoms with Crippen molar-refractivity contribution in [2.75, 3.05) is 13.2 Å². The van der Waals surface area contributed by atoms with Gasteiger partial charge in [0.1, 0.15) is 5.60 Å². The van der Waals surface area contributed by atoms with E-state index in [1.54, 1.807) is 0 Å². The zero-order chi connectivity index (χ0) is 19.0. The van der Waals surface area contributed by atoms with E-state index in [4.69, 9.17) is 4.74 Å². The minimum absolute atomic E-state index is 0.200. The van der Waals surface area contributed by atoms with Crippen molar-refractivity contribution < 1.29 is 4.74 Å². The molecule has 0 amide bonds. The molecule has 2 atom stereocenters. The maximum Gasteiger partial charge on any atom is 0.112 e. The van der Waals surface area contributed by atoms with Crippen LogP contribution in [0.4, 0.5) is 0 Å². The Labute approximate surface area is 167 Å². The van der Waals surface area contributed by atoms with Gasteiger partial charge >= 0.3 is 0 Å². The second kappa shape index (κ2) is 7.20. The Morgan fingerprint density at radius 2 is 1.82 bits per heavy atom. The number of ether oxygens (including phenoxy) is 1. The van der Waals surface area contributed by atoms with E-state index in [1.807, 2.05) is 0 Å². The molecule has 0 bridgehead atoms. The van der Waals surface area contributed by atoms with Crippen LogP contribution >= 0.6 is 0 Å². The average molecular weight is 370 g/mol. The number of benzene rings is 3. The van der Waals surface area contributed by atoms with Crippen molar-refractivity contribution in [2.24, 2.45) is 0 Å². The molecule has 1 heterocycles. The van der Waals surface area contributed by atoms with E-state index in [0.717, 1.165) is 32.4 Å². The third-order valence-corrected chi connectivity index (χ3v) is 6.31. The Hall–Kier alpha value is -2.42. The second-order valence-corrected chi connectivity index (χ2v) is 8.15. The molecule has 0 aromatic heterocycles. The second-order valence-electron chi connectivity index (χ2n) is 8.15. The summed E-state index contributed by atoms with van der Waals surface area (Å²) in [5.74, 6) is 0. The lowest BCUT2D eigenvalue weighted by Gasteiger charge is -2.33. The summed E-state index contributed by atoms with van der Waals surface area (Å²) in [6, 6.07) is 24.3. The summed E-state index contributed by atoms with van der Waals surface area (Å²) < 4.78 is 6.28. The largest absolute Gasteiger partial charge is 0.366 e. The fraction of sp³-hybridized carbons (Fsp3) is 0.308. The highest BCUT2D eigenvalue weighted by Crippen LogP contribution is 2.43. The first-order valence-electron chi connectivity index (χ1n) is 10.4. The van der Waals surface area contributed by atoms with Crippen LogP contribution in [0.1, 0.15) is 42.5 Å². The summed E-state index contributed by atoms with van der Waals surface area (Å²) >= 11 is 0. The van der Waals surface area contributed by atoms with Crippen molar-refractivity contribution in [3.63, 3.8) is 0 Å². The zero-order valence-corrected chi connectivity index (χ0v) is 16.4. The standard InChI is InChI=1S/C26H27NO/c1-19(23-12-6-10-21-8-2-4-11-24(21)23)27-18-20-16-22-9-3-5-13-25(22)26(17-20)14-7-15-28-26/h2-6,8-13,17,19,27H,7,14-16,18H2,1H3/t19-,26?/m1/s1. The number of nitrogens with one attached hydrogen (secondary N) is 1. The van der Waals surface area contributed by atoms with Crippen LogP contribution in [-0.4, -0.2) is 13.2 Å². The van der Waals surface area contributed by atoms with Crippen LogP contribution in [0, 0.1) is 0 Å². The molecule has 2 heteroatoms. The molecule has 1 spiro atoms. The van der Waals surface area contributed by atoms with Gasteiger partial charge in [-0.2, -0.15) is 0 Å². The molecule has 1 saturated heterocycles. The van der Waals surface area contributed by atoms with Gasteiger partial charge in [-0.1, -0.05) is 72.3 Å². The minimum Gasteiger partial charge on any atom is -0.366 e. The van der Waals surface area contributed by atoms with E-state index in [0.29, 0.717) is 6.04 Å². The van der Waals surface area contributed by atoms with Gasteiger partial charge in [-0.15, -0.1) is 0 Å². The van der Waals surface area contributed by atoms with Gasteiger partial charge in [0.05, 0.1) is 0 Å². The molecule has 28 heavy (non-hydrogen) atoms. The monoisotopic (exact) mass is 369 g/mol. The molecule has 1 unspecified atom stereocenters. The molecule has 5 rings (SSSR count). The summed E-state index contributed by atoms with van der Waals surface area (Å²) in [7, 11) is 0. The van der Waals surface area contributed by atoms with Gasteiger partial charge in [0.15, 0.2) is 0 Å². The topological polar surface area (TPSA) is 21.3 Å². The molecule has 2 aliphatic rings. The van der Waals surface area contributed by atoms with Crippen LogP contribution in [0.25, 0.3) is 10.8 Å². The predicted octanol–water partition coefficient (Wildman–Crippen LogP) is 5.68. The molecule has 142 valence electrons. The van der Waals surface area contributed by atoms with Crippen LogP contribution in [0.15, 0.2) is 78.4 Å². The summed E-state index contributed by atoms with van der Waals surface area (Å²) in [5, 5.41) is 6.41. The van der Waals surface area contributed by atoms with Gasteiger partial charge in [-0.3, -0.25) is 0 Å². The first-order chi connectivity index (χ1) is 13.8. The van der Waals surface area contributed by atoms with E-state index in [-0.39, 0.29) is 5.60 Å². The maximum absolute atomic E-state index is 6.28. The van der Waals surface area contributed by atoms with Crippen LogP contribution in [0.2, 0.25) is 0 Å². The van der Waals surface area contributed by atoms with E-state index in [2.05, 4.69) is 85.0 Å². The number of hydrogen-bond acceptors (Lipinski definition) is 2. The maximum atomic E-state index is 6.28. The highest BCUT2D eigenvalue weighted by molar-refractivity contribution is 5.86. The molecule has 2 nitrogen and oxygen atoms in total. The van der Waals surface area contributed by atoms with Crippen LogP contribution in [0.3, 0.4) is 0 Å². The predicted molar refractivity (Wildman–Crippen MR) is 115 cm³/mol. The van der Waals surface area contributed by atoms with Gasteiger partial charge in [-0.25, -0.2) is 0 Å². The molecule has 3 aromatic rings. The first kappa shape index (κ1) is 17.7. The molecular formula is C26H27NO. The summed E-state index contributed by atoms with van der Waals surface area (Å²) in [6.07, 6.45) is 5.64. The molecular weight excluding hydrogens is 342 g/mol. The fourth-order valence-corrected chi connectivity index (χ4v) is 4.91.